The molecular formula is C40H54O5Si2. The Balaban J connectivity index is 1.96. The molecule has 0 aliphatic heterocycles. The van der Waals surface area contributed by atoms with Crippen LogP contribution in [-0.2, 0) is 29.8 Å². The summed E-state index contributed by atoms with van der Waals surface area (Å²) in [6, 6.07) is 26.8. The van der Waals surface area contributed by atoms with Crippen LogP contribution in [0.2, 0.25) is 0 Å². The number of rotatable bonds is 18. The van der Waals surface area contributed by atoms with Gasteiger partial charge in [0.05, 0.1) is 26.4 Å². The maximum Gasteiger partial charge on any atom is 0.229 e. The molecule has 0 aliphatic rings. The summed E-state index contributed by atoms with van der Waals surface area (Å²) in [5.74, 6) is 3.77. The van der Waals surface area contributed by atoms with Crippen molar-refractivity contribution in [3.05, 3.63) is 95.1 Å². The number of ether oxygens (including phenoxy) is 4. The van der Waals surface area contributed by atoms with Crippen LogP contribution < -0.4 is 39.7 Å². The molecule has 252 valence electrons. The van der Waals surface area contributed by atoms with Gasteiger partial charge in [0.25, 0.3) is 0 Å². The van der Waals surface area contributed by atoms with E-state index >= 15 is 0 Å². The molecule has 0 radical (unpaired) electrons. The van der Waals surface area contributed by atoms with Gasteiger partial charge in [-0.3, -0.25) is 0 Å². The van der Waals surface area contributed by atoms with Crippen molar-refractivity contribution in [3.63, 3.8) is 0 Å². The minimum absolute atomic E-state index is 0.620. The highest BCUT2D eigenvalue weighted by atomic mass is 28.4. The van der Waals surface area contributed by atoms with Crippen LogP contribution in [0.1, 0.15) is 77.6 Å². The number of aryl methyl sites for hydroxylation is 4. The van der Waals surface area contributed by atoms with E-state index in [0.717, 1.165) is 48.7 Å². The van der Waals surface area contributed by atoms with E-state index in [2.05, 4.69) is 100 Å². The van der Waals surface area contributed by atoms with E-state index in [0.29, 0.717) is 26.4 Å². The monoisotopic (exact) mass is 670 g/mol. The Hall–Kier alpha value is -3.53. The molecule has 0 unspecified atom stereocenters. The van der Waals surface area contributed by atoms with Crippen molar-refractivity contribution in [2.75, 3.05) is 26.4 Å². The van der Waals surface area contributed by atoms with Gasteiger partial charge in [0.15, 0.2) is 0 Å². The van der Waals surface area contributed by atoms with E-state index in [4.69, 9.17) is 23.1 Å². The van der Waals surface area contributed by atoms with E-state index in [9.17, 15) is 0 Å². The first kappa shape index (κ1) is 36.3. The summed E-state index contributed by atoms with van der Waals surface area (Å²) >= 11 is 0. The molecule has 0 heterocycles. The summed E-state index contributed by atoms with van der Waals surface area (Å²) in [5, 5.41) is 4.78. The average molecular weight is 671 g/mol. The van der Waals surface area contributed by atoms with Gasteiger partial charge in [-0.05, 0) is 121 Å². The van der Waals surface area contributed by atoms with Crippen molar-refractivity contribution in [2.45, 2.75) is 81.1 Å². The molecule has 0 aliphatic carbocycles. The SMILES string of the molecule is CCOc1cc([SiH](O[SiH](c2ccc(CC)c(OCC)c2)c2ccc(CC)c(OCC)c2)c2ccc(CC)c(OCC)c2)ccc1CC. The Labute approximate surface area is 286 Å². The zero-order valence-corrected chi connectivity index (χ0v) is 32.1. The van der Waals surface area contributed by atoms with Crippen LogP contribution >= 0.6 is 0 Å². The summed E-state index contributed by atoms with van der Waals surface area (Å²) < 4.78 is 32.4. The fourth-order valence-corrected chi connectivity index (χ4v) is 12.8. The van der Waals surface area contributed by atoms with Crippen molar-refractivity contribution in [2.24, 2.45) is 0 Å². The molecule has 0 saturated heterocycles. The molecule has 4 aromatic carbocycles. The first-order valence-electron chi connectivity index (χ1n) is 17.6. The Bertz CT molecular complexity index is 1360. The third kappa shape index (κ3) is 8.89. The number of hydrogen-bond acceptors (Lipinski definition) is 5. The molecule has 4 rings (SSSR count). The second kappa shape index (κ2) is 18.1. The van der Waals surface area contributed by atoms with Crippen molar-refractivity contribution < 1.29 is 23.1 Å². The smallest absolute Gasteiger partial charge is 0.229 e. The second-order valence-corrected chi connectivity index (χ2v) is 16.8. The lowest BCUT2D eigenvalue weighted by Gasteiger charge is -2.27. The summed E-state index contributed by atoms with van der Waals surface area (Å²) in [6.45, 7) is 19.4. The van der Waals surface area contributed by atoms with Gasteiger partial charge in [-0.15, -0.1) is 0 Å². The quantitative estimate of drug-likeness (QED) is 0.123. The van der Waals surface area contributed by atoms with Crippen LogP contribution in [0, 0.1) is 0 Å². The average Bonchev–Trinajstić information content (AvgIpc) is 3.09. The maximum atomic E-state index is 7.68. The van der Waals surface area contributed by atoms with Gasteiger partial charge in [0.1, 0.15) is 23.0 Å². The standard InChI is InChI=1S/C40H54O5Si2/c1-9-29-17-21-33(25-37(29)41-13-5)46(34-22-18-30(10-2)38(26-34)42-14-6)45-47(35-23-19-31(11-3)39(27-35)43-15-7)36-24-20-32(12-4)40(28-36)44-16-8/h17-28,46-47H,9-16H2,1-8H3. The van der Waals surface area contributed by atoms with Crippen LogP contribution in [0.5, 0.6) is 23.0 Å². The van der Waals surface area contributed by atoms with E-state index in [1.807, 2.05) is 27.7 Å². The van der Waals surface area contributed by atoms with Gasteiger partial charge in [0.2, 0.25) is 18.1 Å². The van der Waals surface area contributed by atoms with Gasteiger partial charge < -0.3 is 23.1 Å². The van der Waals surface area contributed by atoms with E-state index < -0.39 is 18.1 Å². The van der Waals surface area contributed by atoms with E-state index in [1.165, 1.54) is 43.0 Å². The van der Waals surface area contributed by atoms with Crippen molar-refractivity contribution >= 4 is 38.8 Å². The summed E-state index contributed by atoms with van der Waals surface area (Å²) in [6.07, 6.45) is 3.64. The molecule has 0 fully saturated rings. The highest BCUT2D eigenvalue weighted by molar-refractivity contribution is 6.92. The van der Waals surface area contributed by atoms with E-state index in [1.54, 1.807) is 0 Å². The molecule has 7 heteroatoms. The zero-order chi connectivity index (χ0) is 33.8. The minimum Gasteiger partial charge on any atom is -0.494 e. The zero-order valence-electron chi connectivity index (χ0n) is 29.8. The maximum absolute atomic E-state index is 7.68. The Morgan fingerprint density at radius 1 is 0.362 bits per heavy atom. The first-order valence-corrected chi connectivity index (χ1v) is 20.9. The van der Waals surface area contributed by atoms with E-state index in [-0.39, 0.29) is 0 Å². The van der Waals surface area contributed by atoms with Gasteiger partial charge in [0, 0.05) is 0 Å². The largest absolute Gasteiger partial charge is 0.494 e. The van der Waals surface area contributed by atoms with Gasteiger partial charge in [-0.1, -0.05) is 76.2 Å². The van der Waals surface area contributed by atoms with Crippen LogP contribution in [0.3, 0.4) is 0 Å². The minimum atomic E-state index is -2.30. The lowest BCUT2D eigenvalue weighted by Crippen LogP contribution is -2.56. The van der Waals surface area contributed by atoms with Crippen LogP contribution in [0.15, 0.2) is 72.8 Å². The molecule has 0 spiro atoms. The van der Waals surface area contributed by atoms with Gasteiger partial charge in [-0.2, -0.15) is 0 Å². The van der Waals surface area contributed by atoms with Crippen LogP contribution in [0.4, 0.5) is 0 Å². The molecule has 0 N–H and O–H groups in total. The molecule has 47 heavy (non-hydrogen) atoms. The molecular weight excluding hydrogens is 617 g/mol. The molecule has 4 aromatic rings. The predicted molar refractivity (Wildman–Crippen MR) is 202 cm³/mol. The predicted octanol–water partition coefficient (Wildman–Crippen LogP) is 5.92. The van der Waals surface area contributed by atoms with Gasteiger partial charge in [-0.25, -0.2) is 0 Å². The molecule has 0 atom stereocenters. The molecule has 0 bridgehead atoms. The fraction of sp³-hybridized carbons (Fsp3) is 0.400. The highest BCUT2D eigenvalue weighted by Crippen LogP contribution is 2.23. The van der Waals surface area contributed by atoms with Gasteiger partial charge >= 0.3 is 0 Å². The topological polar surface area (TPSA) is 46.2 Å². The van der Waals surface area contributed by atoms with Crippen molar-refractivity contribution in [1.29, 1.82) is 0 Å². The summed E-state index contributed by atoms with van der Waals surface area (Å²) in [5.41, 5.74) is 4.84. The molecule has 5 nitrogen and oxygen atoms in total. The number of benzene rings is 4. The fourth-order valence-electron chi connectivity index (χ4n) is 6.10. The van der Waals surface area contributed by atoms with Crippen molar-refractivity contribution in [1.82, 2.24) is 0 Å². The highest BCUT2D eigenvalue weighted by Gasteiger charge is 2.29. The molecule has 0 aromatic heterocycles. The Morgan fingerprint density at radius 2 is 0.596 bits per heavy atom. The lowest BCUT2D eigenvalue weighted by molar-refractivity contribution is 0.337. The molecule has 0 amide bonds. The summed E-state index contributed by atoms with van der Waals surface area (Å²) in [4.78, 5) is 0. The number of hydrogen-bond donors (Lipinski definition) is 0. The summed E-state index contributed by atoms with van der Waals surface area (Å²) in [7, 11) is -4.60. The Kier molecular flexibility index (Phi) is 14.0. The first-order chi connectivity index (χ1) is 22.9. The third-order valence-corrected chi connectivity index (χ3v) is 14.6. The second-order valence-electron chi connectivity index (χ2n) is 11.5. The lowest BCUT2D eigenvalue weighted by atomic mass is 10.1. The van der Waals surface area contributed by atoms with Crippen LogP contribution in [-0.4, -0.2) is 44.5 Å². The third-order valence-electron chi connectivity index (χ3n) is 8.57. The Morgan fingerprint density at radius 3 is 0.787 bits per heavy atom. The van der Waals surface area contributed by atoms with Crippen molar-refractivity contribution in [3.8, 4) is 23.0 Å². The molecule has 0 saturated carbocycles. The normalized spacial score (nSPS) is 11.3. The van der Waals surface area contributed by atoms with Crippen LogP contribution in [0.25, 0.3) is 0 Å².